The lowest BCUT2D eigenvalue weighted by molar-refractivity contribution is -0.142. The van der Waals surface area contributed by atoms with E-state index in [2.05, 4.69) is 15.2 Å². The van der Waals surface area contributed by atoms with Crippen molar-refractivity contribution in [3.8, 4) is 0 Å². The average Bonchev–Trinajstić information content (AvgIpc) is 2.90. The van der Waals surface area contributed by atoms with Crippen molar-refractivity contribution in [2.24, 2.45) is 0 Å². The Morgan fingerprint density at radius 3 is 2.61 bits per heavy atom. The third-order valence-electron chi connectivity index (χ3n) is 3.09. The predicted octanol–water partition coefficient (Wildman–Crippen LogP) is 2.05. The summed E-state index contributed by atoms with van der Waals surface area (Å²) in [5, 5.41) is 5.00. The molecule has 1 heterocycles. The van der Waals surface area contributed by atoms with Gasteiger partial charge in [0, 0.05) is 19.0 Å². The summed E-state index contributed by atoms with van der Waals surface area (Å²) in [4.78, 5) is 31.4. The summed E-state index contributed by atoms with van der Waals surface area (Å²) in [5.41, 5.74) is 0.609. The molecule has 0 aliphatic carbocycles. The smallest absolute Gasteiger partial charge is 0.323 e. The van der Waals surface area contributed by atoms with Crippen LogP contribution in [0.5, 0.6) is 0 Å². The van der Waals surface area contributed by atoms with Gasteiger partial charge in [0.2, 0.25) is 0 Å². The molecule has 130 valence electrons. The van der Waals surface area contributed by atoms with E-state index in [9.17, 15) is 9.59 Å². The minimum Gasteiger partial charge on any atom is -0.466 e. The monoisotopic (exact) mass is 342 g/mol. The molecule has 0 aromatic carbocycles. The van der Waals surface area contributed by atoms with E-state index in [4.69, 9.17) is 4.74 Å². The number of urea groups is 1. The lowest BCUT2D eigenvalue weighted by atomic mass is 10.3. The molecular weight excluding hydrogens is 316 g/mol. The molecule has 1 aromatic heterocycles. The summed E-state index contributed by atoms with van der Waals surface area (Å²) < 4.78 is 4.87. The number of carbonyl (C=O) groups excluding carboxylic acids is 2. The topological polar surface area (TPSA) is 74.8 Å². The highest BCUT2D eigenvalue weighted by Crippen LogP contribution is 2.16. The number of aromatic nitrogens is 1. The highest BCUT2D eigenvalue weighted by atomic mass is 32.1. The van der Waals surface area contributed by atoms with Gasteiger partial charge in [-0.2, -0.15) is 0 Å². The van der Waals surface area contributed by atoms with Crippen LogP contribution in [-0.2, 0) is 16.0 Å². The number of nitrogens with one attached hydrogen (secondary N) is 1. The molecule has 1 N–H and O–H groups in total. The van der Waals surface area contributed by atoms with Gasteiger partial charge >= 0.3 is 12.0 Å². The van der Waals surface area contributed by atoms with Crippen LogP contribution in [0.4, 0.5) is 9.93 Å². The first-order valence-electron chi connectivity index (χ1n) is 7.69. The maximum absolute atomic E-state index is 12.1. The van der Waals surface area contributed by atoms with Crippen molar-refractivity contribution in [3.05, 3.63) is 11.1 Å². The number of thiazole rings is 1. The minimum atomic E-state index is -0.311. The summed E-state index contributed by atoms with van der Waals surface area (Å²) in [6.07, 6.45) is 2.13. The number of ether oxygens (including phenoxy) is 1. The van der Waals surface area contributed by atoms with Crippen molar-refractivity contribution in [2.45, 2.75) is 26.2 Å². The van der Waals surface area contributed by atoms with E-state index < -0.39 is 0 Å². The van der Waals surface area contributed by atoms with Crippen molar-refractivity contribution >= 4 is 28.5 Å². The second-order valence-corrected chi connectivity index (χ2v) is 6.35. The predicted molar refractivity (Wildman–Crippen MR) is 91.9 cm³/mol. The van der Waals surface area contributed by atoms with E-state index in [1.807, 2.05) is 14.1 Å². The number of unbranched alkanes of at least 4 members (excludes halogenated alkanes) is 1. The Hall–Kier alpha value is -1.67. The maximum Gasteiger partial charge on any atom is 0.323 e. The zero-order chi connectivity index (χ0) is 17.2. The largest absolute Gasteiger partial charge is 0.466 e. The summed E-state index contributed by atoms with van der Waals surface area (Å²) in [5.74, 6) is -0.311. The first kappa shape index (κ1) is 19.4. The van der Waals surface area contributed by atoms with Gasteiger partial charge in [0.15, 0.2) is 5.13 Å². The molecule has 2 amide bonds. The highest BCUT2D eigenvalue weighted by molar-refractivity contribution is 7.13. The zero-order valence-electron chi connectivity index (χ0n) is 14.3. The van der Waals surface area contributed by atoms with Crippen LogP contribution >= 0.6 is 11.3 Å². The van der Waals surface area contributed by atoms with Crippen LogP contribution in [0.25, 0.3) is 0 Å². The molecule has 1 rings (SSSR count). The molecule has 0 saturated heterocycles. The molecule has 0 atom stereocenters. The van der Waals surface area contributed by atoms with E-state index in [0.29, 0.717) is 24.0 Å². The molecule has 0 spiro atoms. The molecule has 0 aliphatic rings. The molecule has 0 bridgehead atoms. The number of rotatable bonds is 9. The molecular formula is C15H26N4O3S. The van der Waals surface area contributed by atoms with Gasteiger partial charge in [-0.1, -0.05) is 0 Å². The van der Waals surface area contributed by atoms with Crippen LogP contribution in [0.2, 0.25) is 0 Å². The Labute approximate surface area is 141 Å². The number of esters is 1. The fourth-order valence-electron chi connectivity index (χ4n) is 1.87. The van der Waals surface area contributed by atoms with Crippen LogP contribution in [0.15, 0.2) is 5.38 Å². The van der Waals surface area contributed by atoms with Crippen LogP contribution in [0.3, 0.4) is 0 Å². The number of carbonyl (C=O) groups is 2. The number of hydrogen-bond donors (Lipinski definition) is 1. The molecule has 23 heavy (non-hydrogen) atoms. The van der Waals surface area contributed by atoms with Crippen molar-refractivity contribution in [3.63, 3.8) is 0 Å². The molecule has 0 fully saturated rings. The molecule has 1 aromatic rings. The maximum atomic E-state index is 12.1. The van der Waals surface area contributed by atoms with Crippen LogP contribution in [-0.4, -0.2) is 67.6 Å². The number of amides is 2. The second kappa shape index (κ2) is 10.2. The fraction of sp³-hybridized carbons (Fsp3) is 0.667. The van der Waals surface area contributed by atoms with E-state index >= 15 is 0 Å². The fourth-order valence-corrected chi connectivity index (χ4v) is 2.57. The summed E-state index contributed by atoms with van der Waals surface area (Å²) in [6.45, 7) is 3.82. The van der Waals surface area contributed by atoms with Crippen LogP contribution < -0.4 is 5.32 Å². The molecule has 0 radical (unpaired) electrons. The van der Waals surface area contributed by atoms with Gasteiger partial charge in [0.25, 0.3) is 0 Å². The van der Waals surface area contributed by atoms with Crippen molar-refractivity contribution in [1.82, 2.24) is 14.8 Å². The van der Waals surface area contributed by atoms with Gasteiger partial charge in [-0.15, -0.1) is 11.3 Å². The van der Waals surface area contributed by atoms with E-state index in [-0.39, 0.29) is 18.4 Å². The number of hydrogen-bond acceptors (Lipinski definition) is 6. The molecule has 8 heteroatoms. The van der Waals surface area contributed by atoms with Gasteiger partial charge in [-0.3, -0.25) is 10.1 Å². The van der Waals surface area contributed by atoms with E-state index in [1.165, 1.54) is 11.3 Å². The van der Waals surface area contributed by atoms with Crippen molar-refractivity contribution < 1.29 is 14.3 Å². The Balaban J connectivity index is 2.36. The Kier molecular flexibility index (Phi) is 8.57. The second-order valence-electron chi connectivity index (χ2n) is 5.49. The van der Waals surface area contributed by atoms with Gasteiger partial charge in [-0.25, -0.2) is 9.78 Å². The lowest BCUT2D eigenvalue weighted by Crippen LogP contribution is -2.32. The summed E-state index contributed by atoms with van der Waals surface area (Å²) in [6, 6.07) is -0.188. The Morgan fingerprint density at radius 2 is 1.96 bits per heavy atom. The van der Waals surface area contributed by atoms with Gasteiger partial charge in [0.05, 0.1) is 18.7 Å². The SMILES string of the molecule is CCOC(=O)Cc1csc(NC(=O)N(C)CCCCN(C)C)n1. The van der Waals surface area contributed by atoms with Gasteiger partial charge in [0.1, 0.15) is 0 Å². The zero-order valence-corrected chi connectivity index (χ0v) is 15.1. The van der Waals surface area contributed by atoms with Gasteiger partial charge in [-0.05, 0) is 40.4 Å². The quantitative estimate of drug-likeness (QED) is 0.549. The van der Waals surface area contributed by atoms with Crippen LogP contribution in [0.1, 0.15) is 25.5 Å². The highest BCUT2D eigenvalue weighted by Gasteiger charge is 2.12. The Bertz CT molecular complexity index is 505. The average molecular weight is 342 g/mol. The van der Waals surface area contributed by atoms with Crippen molar-refractivity contribution in [2.75, 3.05) is 46.2 Å². The summed E-state index contributed by atoms with van der Waals surface area (Å²) >= 11 is 1.30. The van der Waals surface area contributed by atoms with Crippen LogP contribution in [0, 0.1) is 0 Å². The molecule has 0 saturated carbocycles. The minimum absolute atomic E-state index is 0.126. The number of nitrogens with zero attached hydrogens (tertiary/aromatic N) is 3. The molecule has 0 unspecified atom stereocenters. The van der Waals surface area contributed by atoms with Crippen molar-refractivity contribution in [1.29, 1.82) is 0 Å². The summed E-state index contributed by atoms with van der Waals surface area (Å²) in [7, 11) is 5.83. The lowest BCUT2D eigenvalue weighted by Gasteiger charge is -2.17. The van der Waals surface area contributed by atoms with E-state index in [0.717, 1.165) is 19.4 Å². The first-order valence-corrected chi connectivity index (χ1v) is 8.57. The molecule has 0 aliphatic heterocycles. The first-order chi connectivity index (χ1) is 10.9. The normalized spacial score (nSPS) is 10.7. The molecule has 7 nitrogen and oxygen atoms in total. The number of anilines is 1. The third kappa shape index (κ3) is 7.94. The van der Waals surface area contributed by atoms with E-state index in [1.54, 1.807) is 24.3 Å². The standard InChI is InChI=1S/C15H26N4O3S/c1-5-22-13(20)10-12-11-23-14(16-12)17-15(21)19(4)9-7-6-8-18(2)3/h11H,5-10H2,1-4H3,(H,16,17,21). The third-order valence-corrected chi connectivity index (χ3v) is 3.90. The Morgan fingerprint density at radius 1 is 1.26 bits per heavy atom. The van der Waals surface area contributed by atoms with Gasteiger partial charge < -0.3 is 14.5 Å².